The van der Waals surface area contributed by atoms with Crippen LogP contribution in [0.2, 0.25) is 0 Å². The molecule has 0 bridgehead atoms. The SMILES string of the molecule is Cc1ccccc1S(=O)(=O)NCC1(C2CC2)CC1. The summed E-state index contributed by atoms with van der Waals surface area (Å²) in [7, 11) is -3.34. The largest absolute Gasteiger partial charge is 0.240 e. The fraction of sp³-hybridized carbons (Fsp3) is 0.571. The van der Waals surface area contributed by atoms with Crippen molar-refractivity contribution in [1.82, 2.24) is 4.72 Å². The standard InChI is InChI=1S/C14H19NO2S/c1-11-4-2-3-5-13(11)18(16,17)15-10-14(8-9-14)12-6-7-12/h2-5,12,15H,6-10H2,1H3. The van der Waals surface area contributed by atoms with Crippen LogP contribution in [0.3, 0.4) is 0 Å². The molecular formula is C14H19NO2S. The van der Waals surface area contributed by atoms with Gasteiger partial charge in [0.15, 0.2) is 0 Å². The highest BCUT2D eigenvalue weighted by atomic mass is 32.2. The number of sulfonamides is 1. The Morgan fingerprint density at radius 3 is 2.50 bits per heavy atom. The molecule has 0 unspecified atom stereocenters. The van der Waals surface area contributed by atoms with Crippen molar-refractivity contribution in [2.75, 3.05) is 6.54 Å². The summed E-state index contributed by atoms with van der Waals surface area (Å²) < 4.78 is 27.3. The highest BCUT2D eigenvalue weighted by molar-refractivity contribution is 7.89. The van der Waals surface area contributed by atoms with Gasteiger partial charge in [-0.25, -0.2) is 13.1 Å². The van der Waals surface area contributed by atoms with E-state index in [0.29, 0.717) is 16.9 Å². The predicted molar refractivity (Wildman–Crippen MR) is 70.8 cm³/mol. The molecule has 3 nitrogen and oxygen atoms in total. The summed E-state index contributed by atoms with van der Waals surface area (Å²) in [5, 5.41) is 0. The summed E-state index contributed by atoms with van der Waals surface area (Å²) in [6.07, 6.45) is 4.94. The van der Waals surface area contributed by atoms with E-state index >= 15 is 0 Å². The number of hydrogen-bond donors (Lipinski definition) is 1. The van der Waals surface area contributed by atoms with Gasteiger partial charge in [-0.2, -0.15) is 0 Å². The zero-order chi connectivity index (χ0) is 12.8. The second-order valence-corrected chi connectivity index (χ2v) is 7.46. The number of rotatable bonds is 5. The molecule has 18 heavy (non-hydrogen) atoms. The first kappa shape index (κ1) is 12.2. The maximum atomic E-state index is 12.3. The lowest BCUT2D eigenvalue weighted by Gasteiger charge is -2.16. The molecule has 2 fully saturated rings. The van der Waals surface area contributed by atoms with Crippen molar-refractivity contribution < 1.29 is 8.42 Å². The first-order valence-corrected chi connectivity index (χ1v) is 8.07. The van der Waals surface area contributed by atoms with Gasteiger partial charge in [-0.05, 0) is 55.6 Å². The third-order valence-corrected chi connectivity index (χ3v) is 5.89. The first-order valence-electron chi connectivity index (χ1n) is 6.59. The van der Waals surface area contributed by atoms with Gasteiger partial charge in [0.2, 0.25) is 10.0 Å². The molecule has 0 amide bonds. The van der Waals surface area contributed by atoms with Crippen LogP contribution in [-0.2, 0) is 10.0 Å². The van der Waals surface area contributed by atoms with E-state index in [1.807, 2.05) is 19.1 Å². The van der Waals surface area contributed by atoms with Crippen LogP contribution in [0.1, 0.15) is 31.2 Å². The highest BCUT2D eigenvalue weighted by Gasteiger charge is 2.53. The van der Waals surface area contributed by atoms with Crippen LogP contribution >= 0.6 is 0 Å². The molecule has 1 aromatic rings. The third-order valence-electron chi connectivity index (χ3n) is 4.33. The lowest BCUT2D eigenvalue weighted by Crippen LogP contribution is -2.31. The van der Waals surface area contributed by atoms with Gasteiger partial charge in [0.1, 0.15) is 0 Å². The summed E-state index contributed by atoms with van der Waals surface area (Å²) in [5.41, 5.74) is 1.11. The molecule has 0 saturated heterocycles. The molecule has 0 aliphatic heterocycles. The smallest absolute Gasteiger partial charge is 0.211 e. The molecule has 98 valence electrons. The van der Waals surface area contributed by atoms with Gasteiger partial charge in [0.05, 0.1) is 4.90 Å². The van der Waals surface area contributed by atoms with Crippen molar-refractivity contribution in [3.05, 3.63) is 29.8 Å². The van der Waals surface area contributed by atoms with Crippen LogP contribution in [-0.4, -0.2) is 15.0 Å². The summed E-state index contributed by atoms with van der Waals surface area (Å²) in [6, 6.07) is 7.15. The minimum Gasteiger partial charge on any atom is -0.211 e. The maximum absolute atomic E-state index is 12.3. The maximum Gasteiger partial charge on any atom is 0.240 e. The van der Waals surface area contributed by atoms with E-state index in [1.54, 1.807) is 12.1 Å². The highest BCUT2D eigenvalue weighted by Crippen LogP contribution is 2.60. The normalized spacial score (nSPS) is 21.8. The second-order valence-electron chi connectivity index (χ2n) is 5.73. The molecule has 0 radical (unpaired) electrons. The molecule has 1 aromatic carbocycles. The van der Waals surface area contributed by atoms with E-state index in [2.05, 4.69) is 4.72 Å². The van der Waals surface area contributed by atoms with Crippen LogP contribution in [0.25, 0.3) is 0 Å². The Morgan fingerprint density at radius 1 is 1.28 bits per heavy atom. The molecule has 2 saturated carbocycles. The number of benzene rings is 1. The Hall–Kier alpha value is -0.870. The van der Waals surface area contributed by atoms with Gasteiger partial charge in [-0.1, -0.05) is 18.2 Å². The molecule has 4 heteroatoms. The van der Waals surface area contributed by atoms with Crippen LogP contribution < -0.4 is 4.72 Å². The summed E-state index contributed by atoms with van der Waals surface area (Å²) in [6.45, 7) is 2.46. The lowest BCUT2D eigenvalue weighted by atomic mass is 10.0. The predicted octanol–water partition coefficient (Wildman–Crippen LogP) is 2.46. The third kappa shape index (κ3) is 2.19. The van der Waals surface area contributed by atoms with Crippen molar-refractivity contribution >= 4 is 10.0 Å². The Labute approximate surface area is 109 Å². The molecule has 2 aliphatic carbocycles. The summed E-state index contributed by atoms with van der Waals surface area (Å²) in [4.78, 5) is 0.414. The van der Waals surface area contributed by atoms with Crippen molar-refractivity contribution in [1.29, 1.82) is 0 Å². The van der Waals surface area contributed by atoms with Crippen LogP contribution in [0.5, 0.6) is 0 Å². The second kappa shape index (κ2) is 4.07. The fourth-order valence-corrected chi connectivity index (χ4v) is 4.14. The lowest BCUT2D eigenvalue weighted by molar-refractivity contribution is 0.432. The van der Waals surface area contributed by atoms with Gasteiger partial charge < -0.3 is 0 Å². The quantitative estimate of drug-likeness (QED) is 0.889. The zero-order valence-corrected chi connectivity index (χ0v) is 11.5. The number of hydrogen-bond acceptors (Lipinski definition) is 2. The van der Waals surface area contributed by atoms with Crippen molar-refractivity contribution in [2.45, 2.75) is 37.5 Å². The Morgan fingerprint density at radius 2 is 1.94 bits per heavy atom. The van der Waals surface area contributed by atoms with Gasteiger partial charge >= 0.3 is 0 Å². The minimum atomic E-state index is -3.34. The molecule has 0 spiro atoms. The van der Waals surface area contributed by atoms with E-state index in [9.17, 15) is 8.42 Å². The van der Waals surface area contributed by atoms with Crippen molar-refractivity contribution in [2.24, 2.45) is 11.3 Å². The fourth-order valence-electron chi connectivity index (χ4n) is 2.76. The summed E-state index contributed by atoms with van der Waals surface area (Å²) in [5.74, 6) is 0.775. The van der Waals surface area contributed by atoms with Crippen LogP contribution in [0.4, 0.5) is 0 Å². The average molecular weight is 265 g/mol. The van der Waals surface area contributed by atoms with Crippen molar-refractivity contribution in [3.8, 4) is 0 Å². The van der Waals surface area contributed by atoms with E-state index in [4.69, 9.17) is 0 Å². The molecule has 1 N–H and O–H groups in total. The van der Waals surface area contributed by atoms with E-state index in [1.165, 1.54) is 25.7 Å². The van der Waals surface area contributed by atoms with Gasteiger partial charge in [-0.3, -0.25) is 0 Å². The molecule has 2 aliphatic rings. The van der Waals surface area contributed by atoms with E-state index < -0.39 is 10.0 Å². The molecule has 0 atom stereocenters. The Bertz CT molecular complexity index is 557. The number of aryl methyl sites for hydroxylation is 1. The van der Waals surface area contributed by atoms with Crippen LogP contribution in [0, 0.1) is 18.3 Å². The average Bonchev–Trinajstić information content (AvgIpc) is 3.19. The van der Waals surface area contributed by atoms with Crippen LogP contribution in [0.15, 0.2) is 29.2 Å². The van der Waals surface area contributed by atoms with E-state index in [-0.39, 0.29) is 0 Å². The monoisotopic (exact) mass is 265 g/mol. The van der Waals surface area contributed by atoms with E-state index in [0.717, 1.165) is 11.5 Å². The zero-order valence-electron chi connectivity index (χ0n) is 10.6. The molecule has 3 rings (SSSR count). The van der Waals surface area contributed by atoms with Gasteiger partial charge in [0, 0.05) is 6.54 Å². The van der Waals surface area contributed by atoms with Crippen molar-refractivity contribution in [3.63, 3.8) is 0 Å². The Kier molecular flexibility index (Phi) is 2.75. The molecular weight excluding hydrogens is 246 g/mol. The minimum absolute atomic E-state index is 0.301. The summed E-state index contributed by atoms with van der Waals surface area (Å²) >= 11 is 0. The van der Waals surface area contributed by atoms with Gasteiger partial charge in [-0.15, -0.1) is 0 Å². The Balaban J connectivity index is 1.73. The molecule has 0 heterocycles. The van der Waals surface area contributed by atoms with Gasteiger partial charge in [0.25, 0.3) is 0 Å². The number of nitrogens with one attached hydrogen (secondary N) is 1. The first-order chi connectivity index (χ1) is 8.54. The molecule has 0 aromatic heterocycles. The topological polar surface area (TPSA) is 46.2 Å².